The van der Waals surface area contributed by atoms with Crippen LogP contribution in [0.1, 0.15) is 32.3 Å². The van der Waals surface area contributed by atoms with Crippen LogP contribution < -0.4 is 0 Å². The van der Waals surface area contributed by atoms with Crippen molar-refractivity contribution < 1.29 is 18.6 Å². The summed E-state index contributed by atoms with van der Waals surface area (Å²) in [5, 5.41) is 0. The van der Waals surface area contributed by atoms with Crippen LogP contribution >= 0.6 is 0 Å². The number of hydrogen-bond acceptors (Lipinski definition) is 3. The summed E-state index contributed by atoms with van der Waals surface area (Å²) in [6.07, 6.45) is 1.46. The smallest absolute Gasteiger partial charge is 0.157 e. The van der Waals surface area contributed by atoms with Crippen molar-refractivity contribution in [3.8, 4) is 0 Å². The first-order valence-electron chi connectivity index (χ1n) is 6.79. The van der Waals surface area contributed by atoms with Crippen molar-refractivity contribution in [1.82, 2.24) is 0 Å². The Labute approximate surface area is 113 Å². The van der Waals surface area contributed by atoms with Gasteiger partial charge < -0.3 is 14.2 Å². The third kappa shape index (κ3) is 3.53. The zero-order chi connectivity index (χ0) is 13.7. The quantitative estimate of drug-likeness (QED) is 0.820. The molecule has 1 aromatic carbocycles. The molecule has 1 aliphatic rings. The molecule has 0 atom stereocenters. The third-order valence-electron chi connectivity index (χ3n) is 3.53. The van der Waals surface area contributed by atoms with E-state index >= 15 is 0 Å². The van der Waals surface area contributed by atoms with Crippen LogP contribution in [-0.2, 0) is 20.8 Å². The molecule has 3 nitrogen and oxygen atoms in total. The van der Waals surface area contributed by atoms with E-state index in [1.807, 2.05) is 13.8 Å². The summed E-state index contributed by atoms with van der Waals surface area (Å²) in [6.45, 7) is 5.28. The van der Waals surface area contributed by atoms with Gasteiger partial charge >= 0.3 is 0 Å². The van der Waals surface area contributed by atoms with Gasteiger partial charge in [-0.3, -0.25) is 0 Å². The summed E-state index contributed by atoms with van der Waals surface area (Å²) >= 11 is 0. The van der Waals surface area contributed by atoms with Crippen LogP contribution in [0.2, 0.25) is 0 Å². The van der Waals surface area contributed by atoms with Gasteiger partial charge in [0.15, 0.2) is 6.29 Å². The van der Waals surface area contributed by atoms with Gasteiger partial charge in [0.2, 0.25) is 0 Å². The molecule has 1 fully saturated rings. The van der Waals surface area contributed by atoms with Gasteiger partial charge in [0.1, 0.15) is 11.4 Å². The molecule has 4 heteroatoms. The van der Waals surface area contributed by atoms with Gasteiger partial charge in [0.25, 0.3) is 0 Å². The molecular weight excluding hydrogens is 247 g/mol. The molecule has 0 aliphatic carbocycles. The van der Waals surface area contributed by atoms with Crippen molar-refractivity contribution in [2.75, 3.05) is 13.2 Å². The zero-order valence-corrected chi connectivity index (χ0v) is 11.5. The van der Waals surface area contributed by atoms with Crippen LogP contribution in [-0.4, -0.2) is 25.1 Å². The molecule has 0 N–H and O–H groups in total. The van der Waals surface area contributed by atoms with Gasteiger partial charge in [-0.05, 0) is 18.9 Å². The molecule has 2 rings (SSSR count). The molecule has 0 spiro atoms. The van der Waals surface area contributed by atoms with E-state index in [1.54, 1.807) is 18.2 Å². The molecule has 0 unspecified atom stereocenters. The van der Waals surface area contributed by atoms with E-state index in [-0.39, 0.29) is 18.7 Å². The first-order valence-corrected chi connectivity index (χ1v) is 6.79. The Balaban J connectivity index is 1.95. The second-order valence-corrected chi connectivity index (χ2v) is 4.88. The van der Waals surface area contributed by atoms with E-state index in [9.17, 15) is 4.39 Å². The topological polar surface area (TPSA) is 27.7 Å². The van der Waals surface area contributed by atoms with Gasteiger partial charge in [0.05, 0.1) is 19.8 Å². The molecule has 1 aromatic rings. The average Bonchev–Trinajstić information content (AvgIpc) is 2.47. The summed E-state index contributed by atoms with van der Waals surface area (Å²) in [6, 6.07) is 6.66. The highest BCUT2D eigenvalue weighted by molar-refractivity contribution is 5.16. The van der Waals surface area contributed by atoms with Crippen LogP contribution in [0.25, 0.3) is 0 Å². The van der Waals surface area contributed by atoms with Gasteiger partial charge in [-0.2, -0.15) is 0 Å². The van der Waals surface area contributed by atoms with E-state index in [1.165, 1.54) is 6.07 Å². The summed E-state index contributed by atoms with van der Waals surface area (Å²) in [5.74, 6) is -0.238. The largest absolute Gasteiger partial charge is 0.365 e. The maximum atomic E-state index is 13.5. The molecule has 0 amide bonds. The van der Waals surface area contributed by atoms with Crippen LogP contribution in [0.15, 0.2) is 24.3 Å². The van der Waals surface area contributed by atoms with Crippen molar-refractivity contribution in [2.24, 2.45) is 0 Å². The van der Waals surface area contributed by atoms with Gasteiger partial charge in [0, 0.05) is 5.56 Å². The maximum Gasteiger partial charge on any atom is 0.157 e. The van der Waals surface area contributed by atoms with Crippen molar-refractivity contribution in [2.45, 2.75) is 45.2 Å². The molecule has 1 heterocycles. The average molecular weight is 268 g/mol. The highest BCUT2D eigenvalue weighted by Crippen LogP contribution is 2.26. The summed E-state index contributed by atoms with van der Waals surface area (Å²) in [4.78, 5) is 0. The van der Waals surface area contributed by atoms with Crippen molar-refractivity contribution in [3.05, 3.63) is 35.6 Å². The fourth-order valence-corrected chi connectivity index (χ4v) is 2.05. The lowest BCUT2D eigenvalue weighted by Crippen LogP contribution is -2.48. The Morgan fingerprint density at radius 3 is 2.53 bits per heavy atom. The molecule has 1 saturated heterocycles. The molecule has 106 valence electrons. The van der Waals surface area contributed by atoms with Crippen LogP contribution in [0, 0.1) is 5.82 Å². The SMILES string of the molecule is CCC1OCC(CC)(OCc2ccccc2F)CO1. The van der Waals surface area contributed by atoms with Gasteiger partial charge in [-0.15, -0.1) is 0 Å². The third-order valence-corrected chi connectivity index (χ3v) is 3.53. The van der Waals surface area contributed by atoms with Crippen molar-refractivity contribution in [1.29, 1.82) is 0 Å². The Hall–Kier alpha value is -0.970. The fraction of sp³-hybridized carbons (Fsp3) is 0.600. The predicted molar refractivity (Wildman–Crippen MR) is 70.2 cm³/mol. The van der Waals surface area contributed by atoms with E-state index < -0.39 is 5.60 Å². The minimum absolute atomic E-state index is 0.142. The van der Waals surface area contributed by atoms with Crippen LogP contribution in [0.5, 0.6) is 0 Å². The standard InChI is InChI=1S/C15H21FO3/c1-3-14-17-10-15(4-2,11-18-14)19-9-12-7-5-6-8-13(12)16/h5-8,14H,3-4,9-11H2,1-2H3. The monoisotopic (exact) mass is 268 g/mol. The summed E-state index contributed by atoms with van der Waals surface area (Å²) in [7, 11) is 0. The fourth-order valence-electron chi connectivity index (χ4n) is 2.05. The lowest BCUT2D eigenvalue weighted by atomic mass is 10.0. The first kappa shape index (κ1) is 14.4. The Kier molecular flexibility index (Phi) is 4.91. The van der Waals surface area contributed by atoms with Crippen molar-refractivity contribution >= 4 is 0 Å². The first-order chi connectivity index (χ1) is 9.19. The van der Waals surface area contributed by atoms with Gasteiger partial charge in [-0.25, -0.2) is 4.39 Å². The minimum atomic E-state index is -0.464. The number of benzene rings is 1. The second kappa shape index (κ2) is 6.46. The molecule has 0 radical (unpaired) electrons. The molecule has 0 aromatic heterocycles. The van der Waals surface area contributed by atoms with E-state index in [0.29, 0.717) is 18.8 Å². The molecule has 0 bridgehead atoms. The normalized spacial score (nSPS) is 27.4. The molecular formula is C15H21FO3. The highest BCUT2D eigenvalue weighted by Gasteiger charge is 2.36. The molecule has 19 heavy (non-hydrogen) atoms. The van der Waals surface area contributed by atoms with E-state index in [0.717, 1.165) is 12.8 Å². The second-order valence-electron chi connectivity index (χ2n) is 4.88. The summed E-state index contributed by atoms with van der Waals surface area (Å²) in [5.41, 5.74) is 0.0986. The van der Waals surface area contributed by atoms with Gasteiger partial charge in [-0.1, -0.05) is 32.0 Å². The predicted octanol–water partition coefficient (Wildman–Crippen LogP) is 3.27. The van der Waals surface area contributed by atoms with Crippen LogP contribution in [0.4, 0.5) is 4.39 Å². The molecule has 0 saturated carbocycles. The Morgan fingerprint density at radius 2 is 1.95 bits per heavy atom. The lowest BCUT2D eigenvalue weighted by Gasteiger charge is -2.39. The number of hydrogen-bond donors (Lipinski definition) is 0. The summed E-state index contributed by atoms with van der Waals surface area (Å²) < 4.78 is 30.7. The Bertz CT molecular complexity index is 400. The van der Waals surface area contributed by atoms with Crippen molar-refractivity contribution in [3.63, 3.8) is 0 Å². The highest BCUT2D eigenvalue weighted by atomic mass is 19.1. The lowest BCUT2D eigenvalue weighted by molar-refractivity contribution is -0.269. The minimum Gasteiger partial charge on any atom is -0.365 e. The van der Waals surface area contributed by atoms with E-state index in [4.69, 9.17) is 14.2 Å². The Morgan fingerprint density at radius 1 is 1.26 bits per heavy atom. The number of rotatable bonds is 5. The maximum absolute atomic E-state index is 13.5. The number of halogens is 1. The zero-order valence-electron chi connectivity index (χ0n) is 11.5. The molecule has 1 aliphatic heterocycles. The van der Waals surface area contributed by atoms with E-state index in [2.05, 4.69) is 0 Å². The van der Waals surface area contributed by atoms with Crippen LogP contribution in [0.3, 0.4) is 0 Å². The number of ether oxygens (including phenoxy) is 3.